The number of piperidine rings is 1. The molecule has 0 aliphatic carbocycles. The van der Waals surface area contributed by atoms with Gasteiger partial charge < -0.3 is 59.6 Å². The molecule has 482 valence electrons. The number of benzene rings is 1. The molecule has 0 spiro atoms. The lowest BCUT2D eigenvalue weighted by Gasteiger charge is -2.41. The Bertz CT molecular complexity index is 2570. The number of carbonyl (C=O) groups excluding carboxylic acids is 11. The van der Waals surface area contributed by atoms with Gasteiger partial charge in [0, 0.05) is 48.2 Å². The first-order valence-electron chi connectivity index (χ1n) is 30.3. The van der Waals surface area contributed by atoms with Crippen LogP contribution in [0.15, 0.2) is 36.9 Å². The van der Waals surface area contributed by atoms with Crippen molar-refractivity contribution in [3.05, 3.63) is 42.5 Å². The Labute approximate surface area is 510 Å². The van der Waals surface area contributed by atoms with Gasteiger partial charge in [-0.25, -0.2) is 4.79 Å². The molecule has 0 unspecified atom stereocenters. The van der Waals surface area contributed by atoms with Crippen LogP contribution in [0.25, 0.3) is 0 Å². The summed E-state index contributed by atoms with van der Waals surface area (Å²) in [5, 5.41) is 8.31. The van der Waals surface area contributed by atoms with Crippen molar-refractivity contribution in [3.63, 3.8) is 0 Å². The van der Waals surface area contributed by atoms with Gasteiger partial charge in [0.15, 0.2) is 6.10 Å². The van der Waals surface area contributed by atoms with Gasteiger partial charge in [0.05, 0.1) is 13.0 Å². The van der Waals surface area contributed by atoms with Crippen molar-refractivity contribution in [1.82, 2.24) is 45.3 Å². The zero-order valence-corrected chi connectivity index (χ0v) is 54.6. The Morgan fingerprint density at radius 2 is 1.20 bits per heavy atom. The second kappa shape index (κ2) is 32.6. The van der Waals surface area contributed by atoms with Crippen molar-refractivity contribution >= 4 is 65.1 Å². The van der Waals surface area contributed by atoms with Gasteiger partial charge in [0.2, 0.25) is 47.3 Å². The fourth-order valence-electron chi connectivity index (χ4n) is 11.2. The van der Waals surface area contributed by atoms with Crippen molar-refractivity contribution in [2.75, 3.05) is 54.9 Å². The molecule has 9 amide bonds. The monoisotopic (exact) mass is 1210 g/mol. The summed E-state index contributed by atoms with van der Waals surface area (Å²) >= 11 is 0. The van der Waals surface area contributed by atoms with Crippen LogP contribution in [0.4, 0.5) is 0 Å². The number of hydrogen-bond donors (Lipinski definition) is 3. The van der Waals surface area contributed by atoms with Crippen LogP contribution < -0.4 is 20.7 Å². The number of nitrogens with one attached hydrogen (secondary N) is 3. The highest BCUT2D eigenvalue weighted by Crippen LogP contribution is 2.27. The Kier molecular flexibility index (Phi) is 27.7. The van der Waals surface area contributed by atoms with Crippen LogP contribution in [0.1, 0.15) is 141 Å². The number of hydrogen-bond acceptors (Lipinski definition) is 14. The van der Waals surface area contributed by atoms with Crippen molar-refractivity contribution < 1.29 is 67.0 Å². The summed E-state index contributed by atoms with van der Waals surface area (Å²) in [6.07, 6.45) is 1.34. The van der Waals surface area contributed by atoms with E-state index >= 15 is 14.4 Å². The minimum Gasteiger partial charge on any atom is -0.490 e. The topological polar surface area (TPSA) is 271 Å². The number of cyclic esters (lactones) is 1. The third kappa shape index (κ3) is 19.2. The van der Waals surface area contributed by atoms with E-state index in [1.807, 2.05) is 13.8 Å². The SMILES string of the molecule is C=CCOc1ccc(C[C@@H]2NC(=O)[C@H](C(C)C)N(C)C(=O)CNC(=O)[C@H]([C@@H](C)CC)N(C)C(=O)[C@H]([C@@H](C)CC)N(C)C(=O)[C@H](CC(=O)OC(C)(C)C)N(C)C(=O)[C@H](C(C)C)NC(=O)[C@H](C(C)C)N(C)C(=O)[C@@H]3CCCCN3C(=O)[C@@H](C)OC2=O)cc1. The normalized spacial score (nSPS) is 25.8. The Morgan fingerprint density at radius 1 is 0.663 bits per heavy atom. The second-order valence-electron chi connectivity index (χ2n) is 25.2. The Balaban J connectivity index is 2.31. The highest BCUT2D eigenvalue weighted by Gasteiger charge is 2.46. The molecule has 1 aromatic rings. The molecule has 2 fully saturated rings. The quantitative estimate of drug-likeness (QED) is 0.175. The van der Waals surface area contributed by atoms with E-state index < -0.39 is 168 Å². The predicted molar refractivity (Wildman–Crippen MR) is 324 cm³/mol. The number of nitrogens with zero attached hydrogens (tertiary/aromatic N) is 6. The molecule has 0 bridgehead atoms. The lowest BCUT2D eigenvalue weighted by molar-refractivity contribution is -0.165. The molecule has 1 aromatic carbocycles. The molecule has 2 aliphatic heterocycles. The van der Waals surface area contributed by atoms with Gasteiger partial charge >= 0.3 is 11.9 Å². The molecule has 86 heavy (non-hydrogen) atoms. The Hall–Kier alpha value is -7.07. The van der Waals surface area contributed by atoms with Crippen molar-refractivity contribution in [2.24, 2.45) is 29.6 Å². The number of esters is 2. The molecule has 3 rings (SSSR count). The maximum absolute atomic E-state index is 15.2. The average Bonchev–Trinajstić information content (AvgIpc) is 2.23. The molecular weight excluding hydrogens is 1110 g/mol. The van der Waals surface area contributed by atoms with Crippen LogP contribution in [-0.2, 0) is 68.6 Å². The molecule has 0 saturated carbocycles. The van der Waals surface area contributed by atoms with E-state index in [-0.39, 0.29) is 26.0 Å². The van der Waals surface area contributed by atoms with E-state index in [0.29, 0.717) is 37.0 Å². The van der Waals surface area contributed by atoms with Crippen LogP contribution in [-0.4, -0.2) is 209 Å². The molecule has 2 saturated heterocycles. The summed E-state index contributed by atoms with van der Waals surface area (Å²) in [7, 11) is 6.95. The van der Waals surface area contributed by atoms with E-state index in [9.17, 15) is 38.4 Å². The summed E-state index contributed by atoms with van der Waals surface area (Å²) < 4.78 is 17.2. The summed E-state index contributed by atoms with van der Waals surface area (Å²) in [5.41, 5.74) is -0.430. The van der Waals surface area contributed by atoms with Crippen LogP contribution >= 0.6 is 0 Å². The summed E-state index contributed by atoms with van der Waals surface area (Å²) in [6.45, 7) is 27.1. The van der Waals surface area contributed by atoms with E-state index in [2.05, 4.69) is 22.5 Å². The molecule has 3 N–H and O–H groups in total. The van der Waals surface area contributed by atoms with E-state index in [0.717, 1.165) is 9.80 Å². The van der Waals surface area contributed by atoms with Gasteiger partial charge in [-0.15, -0.1) is 0 Å². The number of amides is 9. The molecule has 23 nitrogen and oxygen atoms in total. The number of fused-ring (bicyclic) bond motifs is 1. The van der Waals surface area contributed by atoms with Crippen LogP contribution in [0.3, 0.4) is 0 Å². The largest absolute Gasteiger partial charge is 0.490 e. The van der Waals surface area contributed by atoms with Crippen molar-refractivity contribution in [2.45, 2.75) is 202 Å². The zero-order valence-electron chi connectivity index (χ0n) is 54.6. The first-order chi connectivity index (χ1) is 40.1. The predicted octanol–water partition coefficient (Wildman–Crippen LogP) is 4.13. The smallest absolute Gasteiger partial charge is 0.329 e. The van der Waals surface area contributed by atoms with Crippen molar-refractivity contribution in [3.8, 4) is 5.75 Å². The lowest BCUT2D eigenvalue weighted by Crippen LogP contribution is -2.63. The number of rotatable bonds is 14. The second-order valence-corrected chi connectivity index (χ2v) is 25.2. The van der Waals surface area contributed by atoms with Crippen molar-refractivity contribution in [1.29, 1.82) is 0 Å². The minimum absolute atomic E-state index is 0.108. The summed E-state index contributed by atoms with van der Waals surface area (Å²) in [4.78, 5) is 168. The van der Waals surface area contributed by atoms with Crippen LogP contribution in [0.5, 0.6) is 5.75 Å². The summed E-state index contributed by atoms with van der Waals surface area (Å²) in [6, 6.07) is -3.60. The van der Waals surface area contributed by atoms with Gasteiger partial charge in [0.25, 0.3) is 5.91 Å². The third-order valence-electron chi connectivity index (χ3n) is 16.4. The van der Waals surface area contributed by atoms with E-state index in [1.165, 1.54) is 61.8 Å². The van der Waals surface area contributed by atoms with Crippen LogP contribution in [0.2, 0.25) is 0 Å². The molecular formula is C63H101N9O14. The maximum atomic E-state index is 15.2. The fourth-order valence-corrected chi connectivity index (χ4v) is 11.2. The standard InChI is InChI=1S/C63H101N9O14/c1-21-32-84-43-29-27-42(28-30-43)33-44-62(83)85-41(12)57(78)72-31-25-24-26-45(72)58(79)69(18)51(38(8)9)56(77)66-49(36(4)5)60(81)67(16)46(34-48(74)86-63(13,14)15)59(80)71(20)53(40(11)23-3)61(82)70(19)52(39(10)22-2)54(75)64-35-47(73)68(17)50(37(6)7)55(76)65-44/h21,27-30,36-41,44-46,49-53H,1,22-26,31-35H2,2-20H3,(H,64,75)(H,65,76)(H,66,77)/t39-,40-,41+,44-,45-,46-,49-,50-,51-,52-,53-/m0/s1. The average molecular weight is 1210 g/mol. The van der Waals surface area contributed by atoms with E-state index in [4.69, 9.17) is 14.2 Å². The zero-order chi connectivity index (χ0) is 65.4. The lowest BCUT2D eigenvalue weighted by atomic mass is 9.92. The van der Waals surface area contributed by atoms with Gasteiger partial charge in [-0.1, -0.05) is 107 Å². The minimum atomic E-state index is -1.59. The molecule has 23 heteroatoms. The van der Waals surface area contributed by atoms with Crippen LogP contribution in [0, 0.1) is 29.6 Å². The molecule has 0 aromatic heterocycles. The summed E-state index contributed by atoms with van der Waals surface area (Å²) in [5.74, 6) is -10.5. The van der Waals surface area contributed by atoms with E-state index in [1.54, 1.807) is 107 Å². The third-order valence-corrected chi connectivity index (χ3v) is 16.4. The van der Waals surface area contributed by atoms with Gasteiger partial charge in [0.1, 0.15) is 66.3 Å². The fraction of sp³-hybridized carbons (Fsp3) is 0.698. The first kappa shape index (κ1) is 73.2. The van der Waals surface area contributed by atoms with Gasteiger partial charge in [-0.2, -0.15) is 0 Å². The number of carbonyl (C=O) groups is 11. The molecule has 2 aliphatic rings. The van der Waals surface area contributed by atoms with Gasteiger partial charge in [-0.05, 0) is 94.2 Å². The Morgan fingerprint density at radius 3 is 1.73 bits per heavy atom. The highest BCUT2D eigenvalue weighted by atomic mass is 16.6. The number of ether oxygens (including phenoxy) is 3. The molecule has 11 atom stereocenters. The van der Waals surface area contributed by atoms with Gasteiger partial charge in [-0.3, -0.25) is 47.9 Å². The molecule has 2 heterocycles. The maximum Gasteiger partial charge on any atom is 0.329 e. The number of likely N-dealkylation sites (N-methyl/N-ethyl adjacent to an activating group) is 5. The first-order valence-corrected chi connectivity index (χ1v) is 30.3. The molecule has 0 radical (unpaired) electrons. The highest BCUT2D eigenvalue weighted by molar-refractivity contribution is 5.99.